The van der Waals surface area contributed by atoms with Crippen LogP contribution in [0.3, 0.4) is 0 Å². The van der Waals surface area contributed by atoms with Crippen molar-refractivity contribution in [3.63, 3.8) is 0 Å². The fourth-order valence-electron chi connectivity index (χ4n) is 2.51. The topological polar surface area (TPSA) is 61.4 Å². The maximum atomic E-state index is 12.2. The van der Waals surface area contributed by atoms with E-state index in [2.05, 4.69) is 26.6 Å². The molecule has 2 N–H and O–H groups in total. The number of likely N-dealkylation sites (N-methyl/N-ethyl adjacent to an activating group) is 1. The SMILES string of the molecule is Cc1ccc(NC(=O)CN(C)CC(=O)N[C@@H](C)c2ccc(Br)cc2)cc1. The normalized spacial score (nSPS) is 11.9. The first-order valence-electron chi connectivity index (χ1n) is 8.43. The lowest BCUT2D eigenvalue weighted by Gasteiger charge is -2.19. The summed E-state index contributed by atoms with van der Waals surface area (Å²) in [6.45, 7) is 4.23. The standard InChI is InChI=1S/C20H24BrN3O2/c1-14-4-10-18(11-5-14)23-20(26)13-24(3)12-19(25)22-15(2)16-6-8-17(21)9-7-16/h4-11,15H,12-13H2,1-3H3,(H,22,25)(H,23,26)/t15-/m0/s1. The van der Waals surface area contributed by atoms with Crippen LogP contribution in [-0.4, -0.2) is 36.9 Å². The number of carbonyl (C=O) groups excluding carboxylic acids is 2. The number of amides is 2. The summed E-state index contributed by atoms with van der Waals surface area (Å²) < 4.78 is 0.999. The first-order chi connectivity index (χ1) is 12.3. The van der Waals surface area contributed by atoms with Crippen LogP contribution in [0.15, 0.2) is 53.0 Å². The van der Waals surface area contributed by atoms with Gasteiger partial charge < -0.3 is 10.6 Å². The monoisotopic (exact) mass is 417 g/mol. The lowest BCUT2D eigenvalue weighted by atomic mass is 10.1. The lowest BCUT2D eigenvalue weighted by molar-refractivity contribution is -0.123. The average Bonchev–Trinajstić information content (AvgIpc) is 2.57. The number of nitrogens with one attached hydrogen (secondary N) is 2. The molecule has 0 aromatic heterocycles. The molecule has 5 nitrogen and oxygen atoms in total. The molecule has 0 radical (unpaired) electrons. The van der Waals surface area contributed by atoms with Gasteiger partial charge in [0, 0.05) is 10.2 Å². The summed E-state index contributed by atoms with van der Waals surface area (Å²) in [5.41, 5.74) is 2.92. The molecule has 2 rings (SSSR count). The fourth-order valence-corrected chi connectivity index (χ4v) is 2.77. The molecule has 1 atom stereocenters. The number of hydrogen-bond acceptors (Lipinski definition) is 3. The van der Waals surface area contributed by atoms with Crippen molar-refractivity contribution in [1.82, 2.24) is 10.2 Å². The minimum absolute atomic E-state index is 0.0922. The van der Waals surface area contributed by atoms with Crippen molar-refractivity contribution in [3.05, 3.63) is 64.1 Å². The smallest absolute Gasteiger partial charge is 0.238 e. The van der Waals surface area contributed by atoms with Crippen molar-refractivity contribution in [3.8, 4) is 0 Å². The molecule has 0 unspecified atom stereocenters. The molecule has 2 aromatic carbocycles. The molecule has 0 saturated heterocycles. The van der Waals surface area contributed by atoms with Crippen molar-refractivity contribution >= 4 is 33.4 Å². The van der Waals surface area contributed by atoms with Gasteiger partial charge in [0.05, 0.1) is 19.1 Å². The number of benzene rings is 2. The maximum Gasteiger partial charge on any atom is 0.238 e. The van der Waals surface area contributed by atoms with E-state index in [1.165, 1.54) is 0 Å². The molecule has 6 heteroatoms. The third kappa shape index (κ3) is 6.61. The molecule has 0 fully saturated rings. The van der Waals surface area contributed by atoms with Gasteiger partial charge in [-0.25, -0.2) is 0 Å². The summed E-state index contributed by atoms with van der Waals surface area (Å²) in [4.78, 5) is 26.0. The Morgan fingerprint density at radius 2 is 1.58 bits per heavy atom. The van der Waals surface area contributed by atoms with Crippen molar-refractivity contribution < 1.29 is 9.59 Å². The average molecular weight is 418 g/mol. The van der Waals surface area contributed by atoms with E-state index in [4.69, 9.17) is 0 Å². The Morgan fingerprint density at radius 1 is 1.00 bits per heavy atom. The Hall–Kier alpha value is -2.18. The van der Waals surface area contributed by atoms with Gasteiger partial charge in [-0.3, -0.25) is 14.5 Å². The number of halogens is 1. The van der Waals surface area contributed by atoms with Gasteiger partial charge in [0.25, 0.3) is 0 Å². The zero-order valence-electron chi connectivity index (χ0n) is 15.3. The number of hydrogen-bond donors (Lipinski definition) is 2. The second-order valence-electron chi connectivity index (χ2n) is 6.43. The van der Waals surface area contributed by atoms with Crippen LogP contribution in [0.25, 0.3) is 0 Å². The zero-order valence-corrected chi connectivity index (χ0v) is 16.8. The largest absolute Gasteiger partial charge is 0.348 e. The Bertz CT molecular complexity index is 745. The summed E-state index contributed by atoms with van der Waals surface area (Å²) >= 11 is 3.40. The molecule has 138 valence electrons. The van der Waals surface area contributed by atoms with E-state index in [1.54, 1.807) is 11.9 Å². The highest BCUT2D eigenvalue weighted by Gasteiger charge is 2.14. The van der Waals surface area contributed by atoms with Gasteiger partial charge in [-0.15, -0.1) is 0 Å². The second-order valence-corrected chi connectivity index (χ2v) is 7.34. The van der Waals surface area contributed by atoms with Crippen LogP contribution < -0.4 is 10.6 Å². The highest BCUT2D eigenvalue weighted by atomic mass is 79.9. The van der Waals surface area contributed by atoms with Gasteiger partial charge in [-0.1, -0.05) is 45.8 Å². The predicted molar refractivity (Wildman–Crippen MR) is 108 cm³/mol. The first kappa shape index (κ1) is 20.1. The van der Waals surface area contributed by atoms with Gasteiger partial charge in [0.2, 0.25) is 11.8 Å². The van der Waals surface area contributed by atoms with E-state index in [0.717, 1.165) is 21.3 Å². The van der Waals surface area contributed by atoms with E-state index >= 15 is 0 Å². The van der Waals surface area contributed by atoms with E-state index in [-0.39, 0.29) is 30.9 Å². The van der Waals surface area contributed by atoms with Gasteiger partial charge >= 0.3 is 0 Å². The maximum absolute atomic E-state index is 12.2. The van der Waals surface area contributed by atoms with Gasteiger partial charge in [0.1, 0.15) is 0 Å². The van der Waals surface area contributed by atoms with Gasteiger partial charge in [-0.05, 0) is 50.7 Å². The minimum Gasteiger partial charge on any atom is -0.348 e. The second kappa shape index (κ2) is 9.50. The molecule has 0 aliphatic heterocycles. The summed E-state index contributed by atoms with van der Waals surface area (Å²) in [5.74, 6) is -0.267. The molecule has 0 spiro atoms. The molecule has 0 bridgehead atoms. The summed E-state index contributed by atoms with van der Waals surface area (Å²) in [6.07, 6.45) is 0. The molecule has 26 heavy (non-hydrogen) atoms. The Balaban J connectivity index is 1.78. The Kier molecular flexibility index (Phi) is 7.36. The lowest BCUT2D eigenvalue weighted by Crippen LogP contribution is -2.39. The third-order valence-electron chi connectivity index (χ3n) is 3.91. The van der Waals surface area contributed by atoms with Crippen LogP contribution in [-0.2, 0) is 9.59 Å². The molecule has 0 aliphatic rings. The van der Waals surface area contributed by atoms with Crippen LogP contribution in [0.5, 0.6) is 0 Å². The fraction of sp³-hybridized carbons (Fsp3) is 0.300. The molecular formula is C20H24BrN3O2. The van der Waals surface area contributed by atoms with E-state index < -0.39 is 0 Å². The van der Waals surface area contributed by atoms with Crippen LogP contribution in [0.1, 0.15) is 24.1 Å². The minimum atomic E-state index is -0.148. The molecule has 0 saturated carbocycles. The first-order valence-corrected chi connectivity index (χ1v) is 9.22. The van der Waals surface area contributed by atoms with Crippen LogP contribution >= 0.6 is 15.9 Å². The van der Waals surface area contributed by atoms with E-state index in [9.17, 15) is 9.59 Å². The summed E-state index contributed by atoms with van der Waals surface area (Å²) in [7, 11) is 1.75. The molecular weight excluding hydrogens is 394 g/mol. The van der Waals surface area contributed by atoms with Gasteiger partial charge in [-0.2, -0.15) is 0 Å². The number of nitrogens with zero attached hydrogens (tertiary/aromatic N) is 1. The van der Waals surface area contributed by atoms with Crippen LogP contribution in [0.2, 0.25) is 0 Å². The van der Waals surface area contributed by atoms with Crippen molar-refractivity contribution in [2.45, 2.75) is 19.9 Å². The number of carbonyl (C=O) groups is 2. The van der Waals surface area contributed by atoms with E-state index in [1.807, 2.05) is 62.4 Å². The number of aryl methyl sites for hydroxylation is 1. The quantitative estimate of drug-likeness (QED) is 0.724. The predicted octanol–water partition coefficient (Wildman–Crippen LogP) is 3.51. The highest BCUT2D eigenvalue weighted by molar-refractivity contribution is 9.10. The van der Waals surface area contributed by atoms with Crippen LogP contribution in [0, 0.1) is 6.92 Å². The van der Waals surface area contributed by atoms with Crippen molar-refractivity contribution in [2.75, 3.05) is 25.5 Å². The zero-order chi connectivity index (χ0) is 19.1. The van der Waals surface area contributed by atoms with E-state index in [0.29, 0.717) is 0 Å². The Labute approximate surface area is 162 Å². The highest BCUT2D eigenvalue weighted by Crippen LogP contribution is 2.16. The number of anilines is 1. The Morgan fingerprint density at radius 3 is 2.19 bits per heavy atom. The summed E-state index contributed by atoms with van der Waals surface area (Å²) in [6, 6.07) is 15.3. The van der Waals surface area contributed by atoms with Crippen molar-refractivity contribution in [1.29, 1.82) is 0 Å². The summed E-state index contributed by atoms with van der Waals surface area (Å²) in [5, 5.41) is 5.78. The molecule has 0 heterocycles. The third-order valence-corrected chi connectivity index (χ3v) is 4.44. The van der Waals surface area contributed by atoms with Crippen LogP contribution in [0.4, 0.5) is 5.69 Å². The van der Waals surface area contributed by atoms with Gasteiger partial charge in [0.15, 0.2) is 0 Å². The molecule has 0 aliphatic carbocycles. The van der Waals surface area contributed by atoms with Crippen molar-refractivity contribution in [2.24, 2.45) is 0 Å². The molecule has 2 amide bonds. The number of rotatable bonds is 7. The molecule has 2 aromatic rings.